The van der Waals surface area contributed by atoms with Gasteiger partial charge in [-0.1, -0.05) is 50.7 Å². The molecule has 0 spiro atoms. The number of aromatic hydroxyl groups is 1. The Morgan fingerprint density at radius 1 is 0.750 bits per heavy atom. The zero-order valence-corrected chi connectivity index (χ0v) is 15.2. The second-order valence-electron chi connectivity index (χ2n) is 8.18. The zero-order valence-electron chi connectivity index (χ0n) is 15.2. The molecule has 1 N–H and O–H groups in total. The molecule has 1 aromatic carbocycles. The molecule has 2 saturated carbocycles. The molecule has 0 radical (unpaired) electrons. The van der Waals surface area contributed by atoms with Crippen LogP contribution in [0.15, 0.2) is 24.3 Å². The lowest BCUT2D eigenvalue weighted by Crippen LogP contribution is -2.38. The van der Waals surface area contributed by atoms with Gasteiger partial charge in [0.2, 0.25) is 0 Å². The Bertz CT molecular complexity index is 484. The SMILES string of the molecule is CC1(OC(OC2(C)CCCCC2)c2ccc(O)cc2)CCCCC1. The van der Waals surface area contributed by atoms with Gasteiger partial charge < -0.3 is 14.6 Å². The molecular formula is C21H32O3. The second-order valence-corrected chi connectivity index (χ2v) is 8.18. The maximum absolute atomic E-state index is 9.60. The van der Waals surface area contributed by atoms with Gasteiger partial charge in [-0.2, -0.15) is 0 Å². The molecule has 3 heteroatoms. The molecule has 0 unspecified atom stereocenters. The minimum absolute atomic E-state index is 0.105. The lowest BCUT2D eigenvalue weighted by Gasteiger charge is -2.42. The van der Waals surface area contributed by atoms with E-state index in [-0.39, 0.29) is 23.2 Å². The highest BCUT2D eigenvalue weighted by atomic mass is 16.7. The van der Waals surface area contributed by atoms with Gasteiger partial charge in [0.1, 0.15) is 5.75 Å². The molecule has 0 atom stereocenters. The van der Waals surface area contributed by atoms with E-state index in [9.17, 15) is 5.11 Å². The maximum Gasteiger partial charge on any atom is 0.185 e. The van der Waals surface area contributed by atoms with Crippen LogP contribution in [0.3, 0.4) is 0 Å². The van der Waals surface area contributed by atoms with E-state index in [1.807, 2.05) is 12.1 Å². The monoisotopic (exact) mass is 332 g/mol. The van der Waals surface area contributed by atoms with Crippen LogP contribution in [0.5, 0.6) is 5.75 Å². The zero-order chi connectivity index (χ0) is 17.0. The van der Waals surface area contributed by atoms with Crippen LogP contribution >= 0.6 is 0 Å². The van der Waals surface area contributed by atoms with Crippen LogP contribution in [0, 0.1) is 0 Å². The molecule has 0 saturated heterocycles. The summed E-state index contributed by atoms with van der Waals surface area (Å²) in [5.41, 5.74) is 0.795. The van der Waals surface area contributed by atoms with Crippen molar-refractivity contribution in [2.75, 3.05) is 0 Å². The standard InChI is InChI=1S/C21H32O3/c1-20(13-5-3-6-14-20)23-19(17-9-11-18(22)12-10-17)24-21(2)15-7-4-8-16-21/h9-12,19,22H,3-8,13-16H2,1-2H3. The summed E-state index contributed by atoms with van der Waals surface area (Å²) < 4.78 is 13.1. The third kappa shape index (κ3) is 4.52. The Balaban J connectivity index is 1.78. The second kappa shape index (κ2) is 7.45. The highest BCUT2D eigenvalue weighted by Gasteiger charge is 2.36. The van der Waals surface area contributed by atoms with Gasteiger partial charge >= 0.3 is 0 Å². The summed E-state index contributed by atoms with van der Waals surface area (Å²) in [7, 11) is 0. The fraction of sp³-hybridized carbons (Fsp3) is 0.714. The summed E-state index contributed by atoms with van der Waals surface area (Å²) in [4.78, 5) is 0. The van der Waals surface area contributed by atoms with E-state index < -0.39 is 0 Å². The molecule has 134 valence electrons. The van der Waals surface area contributed by atoms with Gasteiger partial charge in [-0.25, -0.2) is 0 Å². The van der Waals surface area contributed by atoms with Crippen LogP contribution in [0.2, 0.25) is 0 Å². The lowest BCUT2D eigenvalue weighted by molar-refractivity contribution is -0.265. The minimum atomic E-state index is -0.350. The van der Waals surface area contributed by atoms with E-state index in [4.69, 9.17) is 9.47 Å². The fourth-order valence-corrected chi connectivity index (χ4v) is 4.14. The molecule has 0 aliphatic heterocycles. The first-order valence-electron chi connectivity index (χ1n) is 9.63. The molecule has 24 heavy (non-hydrogen) atoms. The Kier molecular flexibility index (Phi) is 5.51. The molecule has 2 aliphatic rings. The van der Waals surface area contributed by atoms with Crippen LogP contribution in [-0.4, -0.2) is 16.3 Å². The molecule has 0 aromatic heterocycles. The Morgan fingerprint density at radius 2 is 1.17 bits per heavy atom. The normalized spacial score (nSPS) is 23.3. The summed E-state index contributed by atoms with van der Waals surface area (Å²) >= 11 is 0. The number of hydrogen-bond donors (Lipinski definition) is 1. The molecule has 1 aromatic rings. The maximum atomic E-state index is 9.60. The Hall–Kier alpha value is -1.06. The predicted molar refractivity (Wildman–Crippen MR) is 96.0 cm³/mol. The number of hydrogen-bond acceptors (Lipinski definition) is 3. The van der Waals surface area contributed by atoms with Gasteiger partial charge in [-0.05, 0) is 51.7 Å². The van der Waals surface area contributed by atoms with Crippen LogP contribution in [0.4, 0.5) is 0 Å². The van der Waals surface area contributed by atoms with E-state index in [0.717, 1.165) is 31.2 Å². The third-order valence-corrected chi connectivity index (χ3v) is 5.77. The first-order valence-corrected chi connectivity index (χ1v) is 9.63. The third-order valence-electron chi connectivity index (χ3n) is 5.77. The van der Waals surface area contributed by atoms with Crippen molar-refractivity contribution in [1.29, 1.82) is 0 Å². The van der Waals surface area contributed by atoms with E-state index in [1.165, 1.54) is 38.5 Å². The van der Waals surface area contributed by atoms with Crippen LogP contribution < -0.4 is 0 Å². The molecule has 2 aliphatic carbocycles. The summed E-state index contributed by atoms with van der Waals surface area (Å²) in [6, 6.07) is 7.31. The number of benzene rings is 1. The van der Waals surface area contributed by atoms with Crippen molar-refractivity contribution in [2.45, 2.75) is 95.5 Å². The summed E-state index contributed by atoms with van der Waals surface area (Å²) in [6.07, 6.45) is 11.6. The summed E-state index contributed by atoms with van der Waals surface area (Å²) in [5.74, 6) is 0.283. The van der Waals surface area contributed by atoms with Gasteiger partial charge in [0.15, 0.2) is 6.29 Å². The molecule has 0 heterocycles. The van der Waals surface area contributed by atoms with E-state index in [2.05, 4.69) is 13.8 Å². The number of phenolic OH excluding ortho intramolecular Hbond substituents is 1. The molecule has 2 fully saturated rings. The lowest BCUT2D eigenvalue weighted by atomic mass is 9.85. The van der Waals surface area contributed by atoms with Gasteiger partial charge in [0.05, 0.1) is 11.2 Å². The van der Waals surface area contributed by atoms with Crippen molar-refractivity contribution in [3.05, 3.63) is 29.8 Å². The van der Waals surface area contributed by atoms with Gasteiger partial charge in [0, 0.05) is 5.56 Å². The molecular weight excluding hydrogens is 300 g/mol. The fourth-order valence-electron chi connectivity index (χ4n) is 4.14. The molecule has 3 nitrogen and oxygen atoms in total. The highest BCUT2D eigenvalue weighted by molar-refractivity contribution is 5.26. The van der Waals surface area contributed by atoms with E-state index in [1.54, 1.807) is 12.1 Å². The first kappa shape index (κ1) is 17.8. The Morgan fingerprint density at radius 3 is 1.58 bits per heavy atom. The number of ether oxygens (including phenoxy) is 2. The first-order chi connectivity index (χ1) is 11.5. The molecule has 0 amide bonds. The quantitative estimate of drug-likeness (QED) is 0.685. The van der Waals surface area contributed by atoms with Crippen molar-refractivity contribution in [3.63, 3.8) is 0 Å². The minimum Gasteiger partial charge on any atom is -0.508 e. The van der Waals surface area contributed by atoms with Crippen LogP contribution in [0.1, 0.15) is 89.9 Å². The van der Waals surface area contributed by atoms with Crippen molar-refractivity contribution in [1.82, 2.24) is 0 Å². The summed E-state index contributed by atoms with van der Waals surface area (Å²) in [6.45, 7) is 4.46. The van der Waals surface area contributed by atoms with Gasteiger partial charge in [-0.3, -0.25) is 0 Å². The largest absolute Gasteiger partial charge is 0.508 e. The average Bonchev–Trinajstić information content (AvgIpc) is 2.56. The highest BCUT2D eigenvalue weighted by Crippen LogP contribution is 2.41. The van der Waals surface area contributed by atoms with Crippen molar-refractivity contribution in [2.24, 2.45) is 0 Å². The Labute approximate surface area is 146 Å². The number of phenols is 1. The topological polar surface area (TPSA) is 38.7 Å². The van der Waals surface area contributed by atoms with E-state index in [0.29, 0.717) is 0 Å². The van der Waals surface area contributed by atoms with Gasteiger partial charge in [0.25, 0.3) is 0 Å². The number of rotatable bonds is 5. The van der Waals surface area contributed by atoms with Crippen molar-refractivity contribution in [3.8, 4) is 5.75 Å². The predicted octanol–water partition coefficient (Wildman–Crippen LogP) is 5.87. The van der Waals surface area contributed by atoms with Crippen LogP contribution in [-0.2, 0) is 9.47 Å². The molecule has 0 bridgehead atoms. The average molecular weight is 332 g/mol. The smallest absolute Gasteiger partial charge is 0.185 e. The molecule has 3 rings (SSSR count). The van der Waals surface area contributed by atoms with Crippen molar-refractivity contribution >= 4 is 0 Å². The van der Waals surface area contributed by atoms with Crippen LogP contribution in [0.25, 0.3) is 0 Å². The summed E-state index contributed by atoms with van der Waals surface area (Å²) in [5, 5.41) is 9.60. The van der Waals surface area contributed by atoms with Crippen molar-refractivity contribution < 1.29 is 14.6 Å². The van der Waals surface area contributed by atoms with E-state index >= 15 is 0 Å². The van der Waals surface area contributed by atoms with Gasteiger partial charge in [-0.15, -0.1) is 0 Å².